The lowest BCUT2D eigenvalue weighted by Gasteiger charge is -1.96. The maximum absolute atomic E-state index is 5.31. The van der Waals surface area contributed by atoms with Crippen molar-refractivity contribution in [1.82, 2.24) is 0 Å². The first-order valence-electron chi connectivity index (χ1n) is 3.14. The monoisotopic (exact) mass is 188 g/mol. The summed E-state index contributed by atoms with van der Waals surface area (Å²) in [6, 6.07) is 0. The Balaban J connectivity index is 3.60. The highest BCUT2D eigenvalue weighted by molar-refractivity contribution is 8.78. The summed E-state index contributed by atoms with van der Waals surface area (Å²) in [6.07, 6.45) is 3.52. The van der Waals surface area contributed by atoms with Gasteiger partial charge in [0.05, 0.1) is 0 Å². The third kappa shape index (κ3) is 6.22. The van der Waals surface area contributed by atoms with Crippen molar-refractivity contribution >= 4 is 28.3 Å². The van der Waals surface area contributed by atoms with Crippen molar-refractivity contribution in [1.29, 1.82) is 0 Å². The predicted octanol–water partition coefficient (Wildman–Crippen LogP) is 2.05. The average molecular weight is 188 g/mol. The molecule has 0 saturated heterocycles. The Hall–Kier alpha value is -0.190. The first-order valence-corrected chi connectivity index (χ1v) is 5.46. The summed E-state index contributed by atoms with van der Waals surface area (Å²) in [5.74, 6) is 0.925. The van der Waals surface area contributed by atoms with Gasteiger partial charge in [0.2, 0.25) is 0 Å². The summed E-state index contributed by atoms with van der Waals surface area (Å²) >= 11 is 0. The van der Waals surface area contributed by atoms with E-state index >= 15 is 0 Å². The number of rotatable bonds is 6. The van der Waals surface area contributed by atoms with Crippen LogP contribution < -0.4 is 5.73 Å². The minimum atomic E-state index is 0.691. The first kappa shape index (κ1) is 10.8. The van der Waals surface area contributed by atoms with Crippen molar-refractivity contribution in [3.63, 3.8) is 0 Å². The summed E-state index contributed by atoms with van der Waals surface area (Å²) in [5.41, 5.74) is 5.31. The zero-order valence-electron chi connectivity index (χ0n) is 6.32. The average Bonchev–Trinajstić information content (AvgIpc) is 2.03. The van der Waals surface area contributed by atoms with Crippen LogP contribution in [0, 0.1) is 0 Å². The quantitative estimate of drug-likeness (QED) is 0.300. The number of nitrogens with zero attached hydrogens (tertiary/aromatic N) is 1. The van der Waals surface area contributed by atoms with Crippen molar-refractivity contribution in [3.8, 4) is 0 Å². The molecule has 0 aliphatic rings. The van der Waals surface area contributed by atoms with Crippen LogP contribution in [0.4, 0.5) is 0 Å². The van der Waals surface area contributed by atoms with E-state index in [1.54, 1.807) is 27.7 Å². The highest BCUT2D eigenvalue weighted by atomic mass is 33.1. The lowest BCUT2D eigenvalue weighted by atomic mass is 10.6. The van der Waals surface area contributed by atoms with Crippen LogP contribution in [0.2, 0.25) is 0 Å². The first-order chi connectivity index (χ1) is 5.35. The lowest BCUT2D eigenvalue weighted by Crippen LogP contribution is -1.99. The Bertz CT molecular complexity index is 155. The molecule has 0 radical (unpaired) electrons. The standard InChI is InChI=1S/C7H12N2S2/c1-3-4-7(9-2)11-10-6-5-8/h3-4H,1-2,5-6,8H2/b7-4+. The summed E-state index contributed by atoms with van der Waals surface area (Å²) in [6.45, 7) is 7.68. The molecule has 11 heavy (non-hydrogen) atoms. The van der Waals surface area contributed by atoms with Gasteiger partial charge in [0.15, 0.2) is 0 Å². The lowest BCUT2D eigenvalue weighted by molar-refractivity contribution is 1.16. The van der Waals surface area contributed by atoms with Crippen molar-refractivity contribution in [2.75, 3.05) is 12.3 Å². The van der Waals surface area contributed by atoms with Gasteiger partial charge in [-0.1, -0.05) is 23.4 Å². The highest BCUT2D eigenvalue weighted by Crippen LogP contribution is 2.29. The van der Waals surface area contributed by atoms with Gasteiger partial charge in [0, 0.05) is 12.3 Å². The molecule has 0 aliphatic carbocycles. The molecule has 0 saturated carbocycles. The minimum Gasteiger partial charge on any atom is -0.330 e. The second-order valence-corrected chi connectivity index (χ2v) is 4.03. The molecule has 62 valence electrons. The highest BCUT2D eigenvalue weighted by Gasteiger charge is 1.92. The Morgan fingerprint density at radius 3 is 2.82 bits per heavy atom. The van der Waals surface area contributed by atoms with Crippen LogP contribution >= 0.6 is 21.6 Å². The Morgan fingerprint density at radius 2 is 2.36 bits per heavy atom. The third-order valence-corrected chi connectivity index (χ3v) is 3.08. The van der Waals surface area contributed by atoms with E-state index in [-0.39, 0.29) is 0 Å². The van der Waals surface area contributed by atoms with E-state index in [0.29, 0.717) is 6.54 Å². The predicted molar refractivity (Wildman–Crippen MR) is 56.9 cm³/mol. The second-order valence-electron chi connectivity index (χ2n) is 1.59. The topological polar surface area (TPSA) is 38.4 Å². The summed E-state index contributed by atoms with van der Waals surface area (Å²) in [5, 5.41) is 0.874. The van der Waals surface area contributed by atoms with Gasteiger partial charge in [0.25, 0.3) is 0 Å². The number of allylic oxidation sites excluding steroid dienone is 2. The molecule has 0 rings (SSSR count). The number of hydrogen-bond donors (Lipinski definition) is 1. The molecule has 0 aromatic carbocycles. The Kier molecular flexibility index (Phi) is 7.78. The van der Waals surface area contributed by atoms with E-state index in [1.165, 1.54) is 0 Å². The van der Waals surface area contributed by atoms with Crippen molar-refractivity contribution < 1.29 is 0 Å². The van der Waals surface area contributed by atoms with Gasteiger partial charge in [-0.2, -0.15) is 0 Å². The molecule has 0 heterocycles. The SMILES string of the molecule is C=C/C=C(\N=C)SSCCN. The van der Waals surface area contributed by atoms with Crippen LogP contribution in [0.3, 0.4) is 0 Å². The van der Waals surface area contributed by atoms with Gasteiger partial charge in [-0.25, -0.2) is 0 Å². The Labute approximate surface area is 75.4 Å². The van der Waals surface area contributed by atoms with E-state index < -0.39 is 0 Å². The molecule has 0 aromatic rings. The molecule has 0 bridgehead atoms. The van der Waals surface area contributed by atoms with Crippen molar-refractivity contribution in [2.45, 2.75) is 0 Å². The van der Waals surface area contributed by atoms with Crippen LogP contribution in [0.25, 0.3) is 0 Å². The fourth-order valence-corrected chi connectivity index (χ4v) is 2.09. The molecule has 2 nitrogen and oxygen atoms in total. The van der Waals surface area contributed by atoms with Crippen LogP contribution in [0.15, 0.2) is 28.8 Å². The molecule has 0 aliphatic heterocycles. The largest absolute Gasteiger partial charge is 0.330 e. The van der Waals surface area contributed by atoms with Gasteiger partial charge in [-0.05, 0) is 23.6 Å². The van der Waals surface area contributed by atoms with E-state index in [0.717, 1.165) is 10.8 Å². The van der Waals surface area contributed by atoms with E-state index in [2.05, 4.69) is 18.3 Å². The number of nitrogens with two attached hydrogens (primary N) is 1. The summed E-state index contributed by atoms with van der Waals surface area (Å²) in [7, 11) is 3.24. The van der Waals surface area contributed by atoms with Gasteiger partial charge in [-0.3, -0.25) is 4.99 Å². The van der Waals surface area contributed by atoms with E-state index in [9.17, 15) is 0 Å². The maximum Gasteiger partial charge on any atom is 0.106 e. The number of hydrogen-bond acceptors (Lipinski definition) is 4. The summed E-state index contributed by atoms with van der Waals surface area (Å²) < 4.78 is 0. The third-order valence-electron chi connectivity index (χ3n) is 0.762. The summed E-state index contributed by atoms with van der Waals surface area (Å²) in [4.78, 5) is 3.79. The van der Waals surface area contributed by atoms with Crippen LogP contribution in [0.1, 0.15) is 0 Å². The smallest absolute Gasteiger partial charge is 0.106 e. The van der Waals surface area contributed by atoms with Gasteiger partial charge >= 0.3 is 0 Å². The van der Waals surface area contributed by atoms with E-state index in [4.69, 9.17) is 5.73 Å². The molecule has 0 atom stereocenters. The fourth-order valence-electron chi connectivity index (χ4n) is 0.358. The molecule has 0 spiro atoms. The Morgan fingerprint density at radius 1 is 1.64 bits per heavy atom. The zero-order chi connectivity index (χ0) is 8.53. The molecular formula is C7H12N2S2. The normalized spacial score (nSPS) is 11.2. The van der Waals surface area contributed by atoms with Crippen molar-refractivity contribution in [3.05, 3.63) is 23.8 Å². The van der Waals surface area contributed by atoms with Crippen molar-refractivity contribution in [2.24, 2.45) is 10.7 Å². The van der Waals surface area contributed by atoms with Crippen LogP contribution in [-0.2, 0) is 0 Å². The molecule has 0 aromatic heterocycles. The molecule has 0 fully saturated rings. The van der Waals surface area contributed by atoms with Crippen LogP contribution in [-0.4, -0.2) is 19.0 Å². The van der Waals surface area contributed by atoms with E-state index in [1.807, 2.05) is 6.08 Å². The maximum atomic E-state index is 5.31. The second kappa shape index (κ2) is 7.91. The van der Waals surface area contributed by atoms with Gasteiger partial charge < -0.3 is 5.73 Å². The molecular weight excluding hydrogens is 176 g/mol. The zero-order valence-corrected chi connectivity index (χ0v) is 7.96. The number of aliphatic imine (C=N–C) groups is 1. The minimum absolute atomic E-state index is 0.691. The fraction of sp³-hybridized carbons (Fsp3) is 0.286. The van der Waals surface area contributed by atoms with Gasteiger partial charge in [-0.15, -0.1) is 0 Å². The van der Waals surface area contributed by atoms with Gasteiger partial charge in [0.1, 0.15) is 5.03 Å². The molecule has 2 N–H and O–H groups in total. The van der Waals surface area contributed by atoms with Crippen LogP contribution in [0.5, 0.6) is 0 Å². The molecule has 0 unspecified atom stereocenters. The molecule has 4 heteroatoms. The molecule has 0 amide bonds.